The lowest BCUT2D eigenvalue weighted by molar-refractivity contribution is 0.181. The Kier molecular flexibility index (Phi) is 3.51. The van der Waals surface area contributed by atoms with Crippen molar-refractivity contribution in [1.82, 2.24) is 10.2 Å². The number of cyclic esters (lactones) is 1. The first kappa shape index (κ1) is 13.5. The van der Waals surface area contributed by atoms with Crippen LogP contribution < -0.4 is 10.2 Å². The van der Waals surface area contributed by atoms with Gasteiger partial charge in [0, 0.05) is 5.69 Å². The molecule has 2 aromatic rings. The zero-order valence-corrected chi connectivity index (χ0v) is 12.1. The summed E-state index contributed by atoms with van der Waals surface area (Å²) in [4.78, 5) is 13.4. The highest BCUT2D eigenvalue weighted by Crippen LogP contribution is 2.29. The molecule has 0 atom stereocenters. The molecule has 2 N–H and O–H groups in total. The van der Waals surface area contributed by atoms with Crippen LogP contribution in [0.4, 0.5) is 16.2 Å². The molecular weight excluding hydrogens is 268 g/mol. The van der Waals surface area contributed by atoms with E-state index in [0.29, 0.717) is 19.7 Å². The van der Waals surface area contributed by atoms with E-state index in [4.69, 9.17) is 4.74 Å². The third-order valence-electron chi connectivity index (χ3n) is 3.75. The Morgan fingerprint density at radius 1 is 1.43 bits per heavy atom. The lowest BCUT2D eigenvalue weighted by Gasteiger charge is -2.18. The molecule has 0 aliphatic carbocycles. The lowest BCUT2D eigenvalue weighted by atomic mass is 10.1. The number of hydrogen-bond donors (Lipinski definition) is 2. The normalized spacial score (nSPS) is 14.4. The van der Waals surface area contributed by atoms with Gasteiger partial charge in [-0.15, -0.1) is 0 Å². The molecule has 3 rings (SSSR count). The van der Waals surface area contributed by atoms with Crippen molar-refractivity contribution in [3.05, 3.63) is 41.2 Å². The van der Waals surface area contributed by atoms with E-state index in [-0.39, 0.29) is 6.09 Å². The molecular formula is C15H18N4O2. The first-order valence-electron chi connectivity index (χ1n) is 6.93. The van der Waals surface area contributed by atoms with Crippen molar-refractivity contribution < 1.29 is 9.53 Å². The minimum absolute atomic E-state index is 0.278. The number of H-pyrrole nitrogens is 1. The highest BCUT2D eigenvalue weighted by atomic mass is 16.6. The van der Waals surface area contributed by atoms with E-state index < -0.39 is 0 Å². The van der Waals surface area contributed by atoms with Gasteiger partial charge in [-0.3, -0.25) is 10.00 Å². The van der Waals surface area contributed by atoms with Crippen LogP contribution in [0.15, 0.2) is 24.4 Å². The number of aromatic nitrogens is 2. The smallest absolute Gasteiger partial charge is 0.414 e. The topological polar surface area (TPSA) is 70.2 Å². The van der Waals surface area contributed by atoms with Gasteiger partial charge in [-0.2, -0.15) is 5.10 Å². The first-order chi connectivity index (χ1) is 10.2. The van der Waals surface area contributed by atoms with Crippen LogP contribution in [0.3, 0.4) is 0 Å². The maximum Gasteiger partial charge on any atom is 0.414 e. The third-order valence-corrected chi connectivity index (χ3v) is 3.75. The predicted octanol–water partition coefficient (Wildman–Crippen LogP) is 2.60. The number of anilines is 2. The number of nitrogens with zero attached hydrogens (tertiary/aromatic N) is 2. The molecule has 0 unspecified atom stereocenters. The van der Waals surface area contributed by atoms with Crippen LogP contribution in [0.1, 0.15) is 16.8 Å². The number of aromatic amines is 1. The van der Waals surface area contributed by atoms with Crippen LogP contribution in [-0.4, -0.2) is 29.4 Å². The number of ether oxygens (including phenoxy) is 1. The van der Waals surface area contributed by atoms with E-state index in [0.717, 1.165) is 28.2 Å². The summed E-state index contributed by atoms with van der Waals surface area (Å²) in [7, 11) is 0. The molecule has 0 bridgehead atoms. The van der Waals surface area contributed by atoms with Crippen molar-refractivity contribution in [3.8, 4) is 0 Å². The molecule has 110 valence electrons. The highest BCUT2D eigenvalue weighted by Gasteiger charge is 2.25. The van der Waals surface area contributed by atoms with Gasteiger partial charge in [-0.05, 0) is 37.1 Å². The molecule has 1 fully saturated rings. The number of amides is 1. The molecule has 1 saturated heterocycles. The van der Waals surface area contributed by atoms with E-state index in [1.54, 1.807) is 11.1 Å². The van der Waals surface area contributed by atoms with Gasteiger partial charge in [-0.1, -0.05) is 6.07 Å². The van der Waals surface area contributed by atoms with Crippen molar-refractivity contribution in [2.45, 2.75) is 20.4 Å². The fraction of sp³-hybridized carbons (Fsp3) is 0.333. The predicted molar refractivity (Wildman–Crippen MR) is 80.5 cm³/mol. The number of carbonyl (C=O) groups is 1. The SMILES string of the molecule is Cc1cn[nH]c1CNc1cccc(N2CCOC2=O)c1C. The zero-order valence-electron chi connectivity index (χ0n) is 12.1. The summed E-state index contributed by atoms with van der Waals surface area (Å²) in [6, 6.07) is 5.89. The molecule has 1 aromatic carbocycles. The van der Waals surface area contributed by atoms with Gasteiger partial charge in [0.05, 0.1) is 30.7 Å². The van der Waals surface area contributed by atoms with Gasteiger partial charge in [0.25, 0.3) is 0 Å². The van der Waals surface area contributed by atoms with Crippen LogP contribution in [0.5, 0.6) is 0 Å². The molecule has 0 spiro atoms. The average molecular weight is 286 g/mol. The number of nitrogens with one attached hydrogen (secondary N) is 2. The van der Waals surface area contributed by atoms with Gasteiger partial charge >= 0.3 is 6.09 Å². The number of benzene rings is 1. The van der Waals surface area contributed by atoms with Crippen molar-refractivity contribution in [2.24, 2.45) is 0 Å². The standard InChI is InChI=1S/C15H18N4O2/c1-10-8-17-18-13(10)9-16-12-4-3-5-14(11(12)2)19-6-7-21-15(19)20/h3-5,8,16H,6-7,9H2,1-2H3,(H,17,18). The molecule has 1 amide bonds. The van der Waals surface area contributed by atoms with Crippen LogP contribution in [0.2, 0.25) is 0 Å². The van der Waals surface area contributed by atoms with Crippen molar-refractivity contribution >= 4 is 17.5 Å². The van der Waals surface area contributed by atoms with Gasteiger partial charge < -0.3 is 10.1 Å². The molecule has 0 radical (unpaired) electrons. The molecule has 21 heavy (non-hydrogen) atoms. The van der Waals surface area contributed by atoms with Crippen molar-refractivity contribution in [2.75, 3.05) is 23.4 Å². The second-order valence-corrected chi connectivity index (χ2v) is 5.10. The number of hydrogen-bond acceptors (Lipinski definition) is 4. The van der Waals surface area contributed by atoms with Crippen molar-refractivity contribution in [3.63, 3.8) is 0 Å². The zero-order chi connectivity index (χ0) is 14.8. The summed E-state index contributed by atoms with van der Waals surface area (Å²) in [5.74, 6) is 0. The Bertz CT molecular complexity index is 665. The Labute approximate surface area is 123 Å². The van der Waals surface area contributed by atoms with E-state index in [9.17, 15) is 4.79 Å². The minimum Gasteiger partial charge on any atom is -0.447 e. The monoisotopic (exact) mass is 286 g/mol. The summed E-state index contributed by atoms with van der Waals surface area (Å²) in [6.45, 7) is 5.74. The first-order valence-corrected chi connectivity index (χ1v) is 6.93. The Hall–Kier alpha value is -2.50. The van der Waals surface area contributed by atoms with Gasteiger partial charge in [0.1, 0.15) is 6.61 Å². The maximum atomic E-state index is 11.7. The van der Waals surface area contributed by atoms with E-state index in [2.05, 4.69) is 15.5 Å². The lowest BCUT2D eigenvalue weighted by Crippen LogP contribution is -2.24. The largest absolute Gasteiger partial charge is 0.447 e. The number of rotatable bonds is 4. The third kappa shape index (κ3) is 2.56. The van der Waals surface area contributed by atoms with Gasteiger partial charge in [0.2, 0.25) is 0 Å². The van der Waals surface area contributed by atoms with E-state index >= 15 is 0 Å². The maximum absolute atomic E-state index is 11.7. The molecule has 1 aliphatic heterocycles. The molecule has 6 nitrogen and oxygen atoms in total. The molecule has 0 saturated carbocycles. The quantitative estimate of drug-likeness (QED) is 0.906. The highest BCUT2D eigenvalue weighted by molar-refractivity contribution is 5.91. The summed E-state index contributed by atoms with van der Waals surface area (Å²) >= 11 is 0. The average Bonchev–Trinajstić information content (AvgIpc) is 3.07. The number of aryl methyl sites for hydroxylation is 1. The molecule has 2 heterocycles. The van der Waals surface area contributed by atoms with Crippen LogP contribution >= 0.6 is 0 Å². The van der Waals surface area contributed by atoms with E-state index in [1.807, 2.05) is 32.0 Å². The van der Waals surface area contributed by atoms with Gasteiger partial charge in [0.15, 0.2) is 0 Å². The summed E-state index contributed by atoms with van der Waals surface area (Å²) in [5.41, 5.74) is 5.11. The van der Waals surface area contributed by atoms with E-state index in [1.165, 1.54) is 0 Å². The minimum atomic E-state index is -0.278. The van der Waals surface area contributed by atoms with Crippen LogP contribution in [0, 0.1) is 13.8 Å². The van der Waals surface area contributed by atoms with Crippen LogP contribution in [-0.2, 0) is 11.3 Å². The summed E-state index contributed by atoms with van der Waals surface area (Å²) in [6.07, 6.45) is 1.53. The molecule has 1 aliphatic rings. The van der Waals surface area contributed by atoms with Gasteiger partial charge in [-0.25, -0.2) is 4.79 Å². The Morgan fingerprint density at radius 3 is 2.95 bits per heavy atom. The number of carbonyl (C=O) groups excluding carboxylic acids is 1. The Morgan fingerprint density at radius 2 is 2.29 bits per heavy atom. The summed E-state index contributed by atoms with van der Waals surface area (Å²) < 4.78 is 5.00. The van der Waals surface area contributed by atoms with Crippen LogP contribution in [0.25, 0.3) is 0 Å². The fourth-order valence-electron chi connectivity index (χ4n) is 2.46. The molecule has 1 aromatic heterocycles. The summed E-state index contributed by atoms with van der Waals surface area (Å²) in [5, 5.41) is 10.4. The molecule has 6 heteroatoms. The second kappa shape index (κ2) is 5.47. The second-order valence-electron chi connectivity index (χ2n) is 5.10. The van der Waals surface area contributed by atoms with Crippen molar-refractivity contribution in [1.29, 1.82) is 0 Å². The fourth-order valence-corrected chi connectivity index (χ4v) is 2.46. The Balaban J connectivity index is 1.80.